The fourth-order valence-electron chi connectivity index (χ4n) is 2.67. The van der Waals surface area contributed by atoms with Crippen LogP contribution in [0.3, 0.4) is 0 Å². The van der Waals surface area contributed by atoms with Crippen LogP contribution in [-0.4, -0.2) is 31.7 Å². The molecule has 0 spiro atoms. The van der Waals surface area contributed by atoms with Crippen LogP contribution < -0.4 is 10.0 Å². The number of nitrogens with zero attached hydrogens (tertiary/aromatic N) is 1. The van der Waals surface area contributed by atoms with Gasteiger partial charge in [0.2, 0.25) is 0 Å². The maximum absolute atomic E-state index is 12.6. The quantitative estimate of drug-likeness (QED) is 0.836. The van der Waals surface area contributed by atoms with Crippen molar-refractivity contribution in [3.8, 4) is 0 Å². The first kappa shape index (κ1) is 17.7. The van der Waals surface area contributed by atoms with E-state index >= 15 is 0 Å². The van der Waals surface area contributed by atoms with Gasteiger partial charge in [-0.2, -0.15) is 12.7 Å². The minimum absolute atomic E-state index is 0.241. The predicted octanol–water partition coefficient (Wildman–Crippen LogP) is 3.34. The highest BCUT2D eigenvalue weighted by molar-refractivity contribution is 7.90. The molecular weight excluding hydrogens is 362 g/mol. The van der Waals surface area contributed by atoms with Crippen molar-refractivity contribution in [1.82, 2.24) is 4.31 Å². The van der Waals surface area contributed by atoms with E-state index in [2.05, 4.69) is 10.0 Å². The average molecular weight is 380 g/mol. The molecule has 25 heavy (non-hydrogen) atoms. The summed E-state index contributed by atoms with van der Waals surface area (Å²) in [5, 5.41) is 3.22. The van der Waals surface area contributed by atoms with E-state index in [0.29, 0.717) is 23.8 Å². The third-order valence-corrected chi connectivity index (χ3v) is 5.66. The molecule has 0 atom stereocenters. The molecule has 8 heteroatoms. The molecule has 2 aromatic carbocycles. The third-order valence-electron chi connectivity index (χ3n) is 3.90. The summed E-state index contributed by atoms with van der Waals surface area (Å²) in [6.45, 7) is 0.985. The zero-order valence-corrected chi connectivity index (χ0v) is 15.0. The van der Waals surface area contributed by atoms with E-state index in [9.17, 15) is 13.2 Å². The van der Waals surface area contributed by atoms with Crippen molar-refractivity contribution in [2.75, 3.05) is 23.1 Å². The van der Waals surface area contributed by atoms with Gasteiger partial charge in [0.05, 0.1) is 11.3 Å². The van der Waals surface area contributed by atoms with Crippen LogP contribution in [0.15, 0.2) is 48.5 Å². The molecule has 1 aliphatic rings. The minimum atomic E-state index is -3.67. The molecule has 1 fully saturated rings. The third kappa shape index (κ3) is 4.31. The summed E-state index contributed by atoms with van der Waals surface area (Å²) in [4.78, 5) is 12.6. The van der Waals surface area contributed by atoms with Crippen molar-refractivity contribution >= 4 is 39.1 Å². The zero-order chi connectivity index (χ0) is 17.9. The highest BCUT2D eigenvalue weighted by Gasteiger charge is 2.26. The van der Waals surface area contributed by atoms with Crippen LogP contribution >= 0.6 is 11.6 Å². The number of anilines is 2. The molecule has 0 aromatic heterocycles. The van der Waals surface area contributed by atoms with Crippen molar-refractivity contribution < 1.29 is 13.2 Å². The minimum Gasteiger partial charge on any atom is -0.322 e. The Morgan fingerprint density at radius 1 is 1.04 bits per heavy atom. The first-order valence-corrected chi connectivity index (χ1v) is 9.71. The number of carbonyl (C=O) groups is 1. The van der Waals surface area contributed by atoms with E-state index in [0.717, 1.165) is 12.8 Å². The van der Waals surface area contributed by atoms with Gasteiger partial charge in [-0.3, -0.25) is 9.52 Å². The normalized spacial score (nSPS) is 15.1. The monoisotopic (exact) mass is 379 g/mol. The number of rotatable bonds is 5. The summed E-state index contributed by atoms with van der Waals surface area (Å²) >= 11 is 5.92. The molecule has 1 aliphatic heterocycles. The molecule has 132 valence electrons. The molecule has 0 unspecified atom stereocenters. The Morgan fingerprint density at radius 2 is 1.76 bits per heavy atom. The lowest BCUT2D eigenvalue weighted by Crippen LogP contribution is -2.34. The van der Waals surface area contributed by atoms with Crippen LogP contribution in [0.4, 0.5) is 11.4 Å². The van der Waals surface area contributed by atoms with Crippen LogP contribution in [0, 0.1) is 0 Å². The standard InChI is InChI=1S/C17H18ClN3O3S/c18-13-6-5-7-14(12-13)19-17(22)15-8-1-2-9-16(15)20-25(23,24)21-10-3-4-11-21/h1-2,5-9,12,20H,3-4,10-11H2,(H,19,22). The summed E-state index contributed by atoms with van der Waals surface area (Å²) < 4.78 is 28.8. The smallest absolute Gasteiger partial charge is 0.301 e. The van der Waals surface area contributed by atoms with Gasteiger partial charge in [0.1, 0.15) is 0 Å². The number of hydrogen-bond acceptors (Lipinski definition) is 3. The summed E-state index contributed by atoms with van der Waals surface area (Å²) in [5.74, 6) is -0.415. The van der Waals surface area contributed by atoms with Crippen molar-refractivity contribution in [3.63, 3.8) is 0 Å². The van der Waals surface area contributed by atoms with E-state index in [1.165, 1.54) is 4.31 Å². The number of halogens is 1. The fraction of sp³-hybridized carbons (Fsp3) is 0.235. The molecule has 2 aromatic rings. The molecule has 6 nitrogen and oxygen atoms in total. The van der Waals surface area contributed by atoms with Crippen LogP contribution in [0.25, 0.3) is 0 Å². The number of benzene rings is 2. The Bertz CT molecular complexity index is 880. The molecule has 3 rings (SSSR count). The molecule has 1 heterocycles. The Morgan fingerprint density at radius 3 is 2.48 bits per heavy atom. The second-order valence-corrected chi connectivity index (χ2v) is 7.83. The molecule has 2 N–H and O–H groups in total. The molecule has 0 saturated carbocycles. The number of nitrogens with one attached hydrogen (secondary N) is 2. The highest BCUT2D eigenvalue weighted by atomic mass is 35.5. The Kier molecular flexibility index (Phi) is 5.27. The first-order valence-electron chi connectivity index (χ1n) is 7.89. The van der Waals surface area contributed by atoms with Crippen molar-refractivity contribution in [2.24, 2.45) is 0 Å². The van der Waals surface area contributed by atoms with Gasteiger partial charge in [0, 0.05) is 23.8 Å². The second kappa shape index (κ2) is 7.43. The lowest BCUT2D eigenvalue weighted by molar-refractivity contribution is 0.102. The van der Waals surface area contributed by atoms with Gasteiger partial charge in [-0.05, 0) is 43.2 Å². The molecule has 0 bridgehead atoms. The van der Waals surface area contributed by atoms with E-state index in [4.69, 9.17) is 11.6 Å². The number of para-hydroxylation sites is 1. The Labute approximate surface area is 152 Å². The second-order valence-electron chi connectivity index (χ2n) is 5.72. The van der Waals surface area contributed by atoms with Crippen LogP contribution in [0.1, 0.15) is 23.2 Å². The number of amides is 1. The van der Waals surface area contributed by atoms with Gasteiger partial charge >= 0.3 is 10.2 Å². The topological polar surface area (TPSA) is 78.5 Å². The maximum Gasteiger partial charge on any atom is 0.301 e. The average Bonchev–Trinajstić information content (AvgIpc) is 3.10. The van der Waals surface area contributed by atoms with Gasteiger partial charge < -0.3 is 5.32 Å². The summed E-state index contributed by atoms with van der Waals surface area (Å²) in [6.07, 6.45) is 1.69. The van der Waals surface area contributed by atoms with Crippen LogP contribution in [0.2, 0.25) is 5.02 Å². The molecule has 0 aliphatic carbocycles. The number of hydrogen-bond donors (Lipinski definition) is 2. The molecule has 0 radical (unpaired) electrons. The van der Waals surface area contributed by atoms with Gasteiger partial charge in [0.15, 0.2) is 0 Å². The number of carbonyl (C=O) groups excluding carboxylic acids is 1. The maximum atomic E-state index is 12.6. The summed E-state index contributed by atoms with van der Waals surface area (Å²) in [7, 11) is -3.67. The predicted molar refractivity (Wildman–Crippen MR) is 99.2 cm³/mol. The van der Waals surface area contributed by atoms with Crippen LogP contribution in [-0.2, 0) is 10.2 Å². The molecule has 1 saturated heterocycles. The van der Waals surface area contributed by atoms with Gasteiger partial charge in [-0.1, -0.05) is 29.8 Å². The Balaban J connectivity index is 1.82. The van der Waals surface area contributed by atoms with Crippen LogP contribution in [0.5, 0.6) is 0 Å². The van der Waals surface area contributed by atoms with Gasteiger partial charge in [-0.15, -0.1) is 0 Å². The lowest BCUT2D eigenvalue weighted by Gasteiger charge is -2.18. The molecular formula is C17H18ClN3O3S. The van der Waals surface area contributed by atoms with Crippen molar-refractivity contribution in [3.05, 3.63) is 59.1 Å². The van der Waals surface area contributed by atoms with Gasteiger partial charge in [-0.25, -0.2) is 0 Å². The van der Waals surface area contributed by atoms with Gasteiger partial charge in [0.25, 0.3) is 5.91 Å². The summed E-state index contributed by atoms with van der Waals surface area (Å²) in [5.41, 5.74) is 1.02. The van der Waals surface area contributed by atoms with E-state index in [1.54, 1.807) is 48.5 Å². The SMILES string of the molecule is O=C(Nc1cccc(Cl)c1)c1ccccc1NS(=O)(=O)N1CCCC1. The largest absolute Gasteiger partial charge is 0.322 e. The van der Waals surface area contributed by atoms with Crippen molar-refractivity contribution in [1.29, 1.82) is 0 Å². The van der Waals surface area contributed by atoms with E-state index < -0.39 is 16.1 Å². The van der Waals surface area contributed by atoms with Crippen molar-refractivity contribution in [2.45, 2.75) is 12.8 Å². The van der Waals surface area contributed by atoms with E-state index in [1.807, 2.05) is 0 Å². The highest BCUT2D eigenvalue weighted by Crippen LogP contribution is 2.22. The van der Waals surface area contributed by atoms with E-state index in [-0.39, 0.29) is 11.3 Å². The summed E-state index contributed by atoms with van der Waals surface area (Å²) in [6, 6.07) is 13.3. The lowest BCUT2D eigenvalue weighted by atomic mass is 10.1. The Hall–Kier alpha value is -2.09. The zero-order valence-electron chi connectivity index (χ0n) is 13.4. The fourth-order valence-corrected chi connectivity index (χ4v) is 4.18. The molecule has 1 amide bonds. The first-order chi connectivity index (χ1) is 12.0.